The number of halogens is 1. The number of rotatable bonds is 3. The molecule has 0 aliphatic rings. The van der Waals surface area contributed by atoms with Crippen molar-refractivity contribution in [1.29, 1.82) is 0 Å². The first-order chi connectivity index (χ1) is 6.74. The van der Waals surface area contributed by atoms with Gasteiger partial charge in [-0.3, -0.25) is 0 Å². The number of methoxy groups -OCH3 is 1. The summed E-state index contributed by atoms with van der Waals surface area (Å²) in [6, 6.07) is 9.03. The van der Waals surface area contributed by atoms with Crippen molar-refractivity contribution < 1.29 is 9.53 Å². The Kier molecular flexibility index (Phi) is 3.94. The van der Waals surface area contributed by atoms with E-state index < -0.39 is 5.97 Å². The lowest BCUT2D eigenvalue weighted by molar-refractivity contribution is -0.132. The molecule has 14 heavy (non-hydrogen) atoms. The quantitative estimate of drug-likeness (QED) is 0.332. The highest BCUT2D eigenvalue weighted by Gasteiger charge is 1.99. The second-order valence-corrected chi connectivity index (χ2v) is 2.68. The molecule has 0 heterocycles. The van der Waals surface area contributed by atoms with Crippen LogP contribution in [0.2, 0.25) is 0 Å². The molecule has 0 spiro atoms. The summed E-state index contributed by atoms with van der Waals surface area (Å²) in [6.45, 7) is 0. The maximum absolute atomic E-state index is 10.7. The molecule has 0 aromatic heterocycles. The maximum Gasteiger partial charge on any atom is 0.351 e. The zero-order chi connectivity index (χ0) is 10.4. The number of anilines is 1. The minimum atomic E-state index is -0.549. The Morgan fingerprint density at radius 3 is 2.71 bits per heavy atom. The number of hydrogen-bond acceptors (Lipinski definition) is 4. The second kappa shape index (κ2) is 5.24. The van der Waals surface area contributed by atoms with E-state index in [0.29, 0.717) is 5.69 Å². The van der Waals surface area contributed by atoms with Gasteiger partial charge in [-0.15, -0.1) is 0 Å². The Bertz CT molecular complexity index is 327. The van der Waals surface area contributed by atoms with Gasteiger partial charge in [0.1, 0.15) is 6.21 Å². The van der Waals surface area contributed by atoms with Crippen molar-refractivity contribution in [3.8, 4) is 0 Å². The van der Waals surface area contributed by atoms with Crippen LogP contribution in [0.4, 0.5) is 5.69 Å². The Morgan fingerprint density at radius 1 is 1.50 bits per heavy atom. The molecule has 0 bridgehead atoms. The molecule has 0 fully saturated rings. The predicted molar refractivity (Wildman–Crippen MR) is 55.3 cm³/mol. The predicted octanol–water partition coefficient (Wildman–Crippen LogP) is 1.81. The van der Waals surface area contributed by atoms with Crippen LogP contribution in [0.15, 0.2) is 35.4 Å². The highest BCUT2D eigenvalue weighted by atomic mass is 35.5. The summed E-state index contributed by atoms with van der Waals surface area (Å²) in [5.41, 5.74) is 0.675. The fourth-order valence-corrected chi connectivity index (χ4v) is 0.925. The molecule has 5 heteroatoms. The lowest BCUT2D eigenvalue weighted by atomic mass is 10.3. The Morgan fingerprint density at radius 2 is 2.14 bits per heavy atom. The topological polar surface area (TPSA) is 41.9 Å². The average molecular weight is 213 g/mol. The molecule has 1 aromatic carbocycles. The molecule has 0 saturated heterocycles. The van der Waals surface area contributed by atoms with Gasteiger partial charge >= 0.3 is 5.97 Å². The molecule has 0 N–H and O–H groups in total. The van der Waals surface area contributed by atoms with Crippen molar-refractivity contribution in [1.82, 2.24) is 0 Å². The van der Waals surface area contributed by atoms with E-state index in [1.807, 2.05) is 18.2 Å². The third kappa shape index (κ3) is 3.06. The van der Waals surface area contributed by atoms with Crippen molar-refractivity contribution in [2.24, 2.45) is 5.10 Å². The van der Waals surface area contributed by atoms with Crippen LogP contribution in [0.5, 0.6) is 0 Å². The number of benzene rings is 1. The molecule has 4 nitrogen and oxygen atoms in total. The van der Waals surface area contributed by atoms with Gasteiger partial charge in [0.25, 0.3) is 0 Å². The third-order valence-electron chi connectivity index (χ3n) is 1.43. The molecule has 0 atom stereocenters. The zero-order valence-electron chi connectivity index (χ0n) is 7.55. The van der Waals surface area contributed by atoms with Gasteiger partial charge in [-0.25, -0.2) is 4.79 Å². The Hall–Kier alpha value is -1.55. The summed E-state index contributed by atoms with van der Waals surface area (Å²) >= 11 is 5.73. The smallest absolute Gasteiger partial charge is 0.351 e. The summed E-state index contributed by atoms with van der Waals surface area (Å²) in [7, 11) is 1.27. The second-order valence-electron chi connectivity index (χ2n) is 2.36. The summed E-state index contributed by atoms with van der Waals surface area (Å²) in [5.74, 6) is -0.549. The lowest BCUT2D eigenvalue weighted by Crippen LogP contribution is -2.07. The van der Waals surface area contributed by atoms with Crippen LogP contribution in [-0.2, 0) is 9.53 Å². The van der Waals surface area contributed by atoms with Crippen molar-refractivity contribution in [2.45, 2.75) is 0 Å². The van der Waals surface area contributed by atoms with Crippen LogP contribution in [0.1, 0.15) is 0 Å². The number of nitrogens with zero attached hydrogens (tertiary/aromatic N) is 2. The van der Waals surface area contributed by atoms with E-state index in [4.69, 9.17) is 11.8 Å². The van der Waals surface area contributed by atoms with Gasteiger partial charge in [0.2, 0.25) is 0 Å². The molecule has 0 saturated carbocycles. The molecule has 1 rings (SSSR count). The van der Waals surface area contributed by atoms with Gasteiger partial charge < -0.3 is 4.74 Å². The maximum atomic E-state index is 10.7. The van der Waals surface area contributed by atoms with Crippen molar-refractivity contribution in [2.75, 3.05) is 11.6 Å². The van der Waals surface area contributed by atoms with Crippen molar-refractivity contribution in [3.05, 3.63) is 30.3 Å². The van der Waals surface area contributed by atoms with Crippen LogP contribution >= 0.6 is 11.8 Å². The first-order valence-corrected chi connectivity index (χ1v) is 4.20. The minimum Gasteiger partial charge on any atom is -0.465 e. The van der Waals surface area contributed by atoms with Crippen molar-refractivity contribution >= 4 is 29.6 Å². The summed E-state index contributed by atoms with van der Waals surface area (Å²) in [6.07, 6.45) is 1.000. The molecule has 0 aliphatic carbocycles. The van der Waals surface area contributed by atoms with Gasteiger partial charge in [-0.05, 0) is 12.1 Å². The molecule has 0 amide bonds. The van der Waals surface area contributed by atoms with Gasteiger partial charge in [0.05, 0.1) is 12.8 Å². The largest absolute Gasteiger partial charge is 0.465 e. The molecule has 0 radical (unpaired) electrons. The van der Waals surface area contributed by atoms with E-state index in [0.717, 1.165) is 10.7 Å². The van der Waals surface area contributed by atoms with E-state index in [9.17, 15) is 4.79 Å². The first kappa shape index (κ1) is 10.5. The Labute approximate surface area is 86.8 Å². The first-order valence-electron chi connectivity index (χ1n) is 3.87. The van der Waals surface area contributed by atoms with Crippen LogP contribution < -0.4 is 4.53 Å². The minimum absolute atomic E-state index is 0.549. The third-order valence-corrected chi connectivity index (χ3v) is 1.72. The normalized spacial score (nSPS) is 10.1. The highest BCUT2D eigenvalue weighted by Crippen LogP contribution is 2.14. The summed E-state index contributed by atoms with van der Waals surface area (Å²) < 4.78 is 5.43. The molecule has 0 unspecified atom stereocenters. The van der Waals surface area contributed by atoms with Crippen LogP contribution in [0.25, 0.3) is 0 Å². The van der Waals surface area contributed by atoms with E-state index in [2.05, 4.69) is 9.84 Å². The van der Waals surface area contributed by atoms with Gasteiger partial charge in [-0.1, -0.05) is 18.2 Å². The van der Waals surface area contributed by atoms with E-state index in [-0.39, 0.29) is 0 Å². The summed E-state index contributed by atoms with van der Waals surface area (Å²) in [5, 5.41) is 3.66. The number of para-hydroxylation sites is 1. The number of ether oxygens (including phenoxy) is 1. The van der Waals surface area contributed by atoms with Gasteiger partial charge in [0.15, 0.2) is 0 Å². The number of hydrazone groups is 1. The van der Waals surface area contributed by atoms with E-state index in [1.165, 1.54) is 7.11 Å². The fourth-order valence-electron chi connectivity index (χ4n) is 0.768. The van der Waals surface area contributed by atoms with E-state index >= 15 is 0 Å². The number of carbonyl (C=O) groups excluding carboxylic acids is 1. The molecular weight excluding hydrogens is 204 g/mol. The fraction of sp³-hybridized carbons (Fsp3) is 0.111. The molecular formula is C9H9ClN2O2. The number of hydrogen-bond donors (Lipinski definition) is 0. The van der Waals surface area contributed by atoms with Crippen LogP contribution in [0, 0.1) is 0 Å². The summed E-state index contributed by atoms with van der Waals surface area (Å²) in [4.78, 5) is 10.7. The standard InChI is InChI=1S/C9H9ClN2O2/c1-14-9(13)7-11-12(10)8-5-3-2-4-6-8/h2-7H,1H3. The molecule has 1 aromatic rings. The monoisotopic (exact) mass is 212 g/mol. The Balaban J connectivity index is 2.63. The SMILES string of the molecule is COC(=O)C=NN(Cl)c1ccccc1. The lowest BCUT2D eigenvalue weighted by Gasteiger charge is -2.07. The molecule has 74 valence electrons. The van der Waals surface area contributed by atoms with Crippen LogP contribution in [0.3, 0.4) is 0 Å². The highest BCUT2D eigenvalue weighted by molar-refractivity contribution is 6.28. The van der Waals surface area contributed by atoms with E-state index in [1.54, 1.807) is 12.1 Å². The number of carbonyl (C=O) groups is 1. The number of esters is 1. The molecule has 0 aliphatic heterocycles. The van der Waals surface area contributed by atoms with Crippen molar-refractivity contribution in [3.63, 3.8) is 0 Å². The van der Waals surface area contributed by atoms with Gasteiger partial charge in [0, 0.05) is 11.8 Å². The van der Waals surface area contributed by atoms with Crippen LogP contribution in [-0.4, -0.2) is 19.3 Å². The zero-order valence-corrected chi connectivity index (χ0v) is 8.31. The average Bonchev–Trinajstić information content (AvgIpc) is 2.26. The van der Waals surface area contributed by atoms with Gasteiger partial charge in [-0.2, -0.15) is 9.63 Å².